The van der Waals surface area contributed by atoms with Gasteiger partial charge in [-0.15, -0.1) is 0 Å². The first-order chi connectivity index (χ1) is 16.7. The van der Waals surface area contributed by atoms with Crippen LogP contribution in [0.25, 0.3) is 21.8 Å². The van der Waals surface area contributed by atoms with Gasteiger partial charge in [0.05, 0.1) is 16.7 Å². The second kappa shape index (κ2) is 9.31. The molecule has 4 aromatic rings. The number of fused-ring (bicyclic) bond motifs is 2. The van der Waals surface area contributed by atoms with E-state index in [2.05, 4.69) is 49.2 Å². The molecule has 0 amide bonds. The first kappa shape index (κ1) is 22.1. The molecule has 2 saturated heterocycles. The zero-order valence-corrected chi connectivity index (χ0v) is 20.5. The monoisotopic (exact) mass is 491 g/mol. The van der Waals surface area contributed by atoms with Crippen molar-refractivity contribution in [1.29, 1.82) is 0 Å². The van der Waals surface area contributed by atoms with Gasteiger partial charge in [0.1, 0.15) is 0 Å². The maximum atomic E-state index is 6.44. The lowest BCUT2D eigenvalue weighted by atomic mass is 9.88. The number of hydrogen-bond acceptors (Lipinski definition) is 5. The number of benzene rings is 2. The van der Waals surface area contributed by atoms with Crippen LogP contribution in [0.5, 0.6) is 0 Å². The van der Waals surface area contributed by atoms with E-state index >= 15 is 0 Å². The number of piperazine rings is 1. The van der Waals surface area contributed by atoms with Crippen LogP contribution >= 0.6 is 23.2 Å². The maximum absolute atomic E-state index is 6.44. The molecule has 0 saturated carbocycles. The predicted molar refractivity (Wildman–Crippen MR) is 141 cm³/mol. The molecule has 2 aromatic carbocycles. The highest BCUT2D eigenvalue weighted by atomic mass is 35.5. The van der Waals surface area contributed by atoms with Gasteiger partial charge in [-0.1, -0.05) is 35.3 Å². The average Bonchev–Trinajstić information content (AvgIpc) is 2.88. The van der Waals surface area contributed by atoms with E-state index in [9.17, 15) is 0 Å². The van der Waals surface area contributed by atoms with Gasteiger partial charge in [-0.05, 0) is 60.7 Å². The minimum atomic E-state index is 0.498. The summed E-state index contributed by atoms with van der Waals surface area (Å²) in [6.45, 7) is 6.07. The van der Waals surface area contributed by atoms with Gasteiger partial charge in [0.25, 0.3) is 0 Å². The summed E-state index contributed by atoms with van der Waals surface area (Å²) in [5.74, 6) is 0.498. The molecule has 5 nitrogen and oxygen atoms in total. The SMILES string of the molecule is Clc1cc(C2CCN(N3CCN(c4cc(Cl)cc5cccnc45)CC3)CC2)c2ncccc2c1. The molecule has 2 aliphatic heterocycles. The molecule has 7 heteroatoms. The summed E-state index contributed by atoms with van der Waals surface area (Å²) < 4.78 is 0. The van der Waals surface area contributed by atoms with Gasteiger partial charge in [-0.25, -0.2) is 10.0 Å². The van der Waals surface area contributed by atoms with E-state index in [0.717, 1.165) is 89.6 Å². The molecule has 0 spiro atoms. The Balaban J connectivity index is 1.12. The van der Waals surface area contributed by atoms with Crippen molar-refractivity contribution in [1.82, 2.24) is 20.0 Å². The highest BCUT2D eigenvalue weighted by molar-refractivity contribution is 6.32. The number of piperidine rings is 1. The van der Waals surface area contributed by atoms with Gasteiger partial charge < -0.3 is 4.90 Å². The predicted octanol–water partition coefficient (Wildman–Crippen LogP) is 6.01. The number of halogens is 2. The van der Waals surface area contributed by atoms with E-state index in [4.69, 9.17) is 23.2 Å². The van der Waals surface area contributed by atoms with Gasteiger partial charge in [0.15, 0.2) is 0 Å². The van der Waals surface area contributed by atoms with Gasteiger partial charge >= 0.3 is 0 Å². The zero-order chi connectivity index (χ0) is 23.1. The molecule has 0 atom stereocenters. The zero-order valence-electron chi connectivity index (χ0n) is 19.0. The minimum Gasteiger partial charge on any atom is -0.367 e. The van der Waals surface area contributed by atoms with Crippen molar-refractivity contribution in [2.75, 3.05) is 44.2 Å². The Labute approximate surface area is 209 Å². The molecule has 2 fully saturated rings. The lowest BCUT2D eigenvalue weighted by molar-refractivity contribution is -0.0463. The first-order valence-corrected chi connectivity index (χ1v) is 12.7. The Morgan fingerprint density at radius 2 is 1.26 bits per heavy atom. The molecular weight excluding hydrogens is 465 g/mol. The first-order valence-electron chi connectivity index (χ1n) is 12.0. The Bertz CT molecular complexity index is 1220. The van der Waals surface area contributed by atoms with E-state index in [1.54, 1.807) is 0 Å². The van der Waals surface area contributed by atoms with Crippen LogP contribution in [0.2, 0.25) is 10.0 Å². The molecule has 0 unspecified atom stereocenters. The molecule has 2 aliphatic rings. The van der Waals surface area contributed by atoms with Gasteiger partial charge in [0.2, 0.25) is 0 Å². The highest BCUT2D eigenvalue weighted by Gasteiger charge is 2.29. The summed E-state index contributed by atoms with van der Waals surface area (Å²) in [6.07, 6.45) is 5.98. The van der Waals surface area contributed by atoms with Gasteiger partial charge in [-0.2, -0.15) is 0 Å². The largest absolute Gasteiger partial charge is 0.367 e. The Morgan fingerprint density at radius 1 is 0.676 bits per heavy atom. The van der Waals surface area contributed by atoms with Crippen LogP contribution in [0, 0.1) is 0 Å². The van der Waals surface area contributed by atoms with E-state index in [1.165, 1.54) is 5.56 Å². The Hall–Kier alpha value is -2.44. The number of hydrazine groups is 1. The molecule has 0 N–H and O–H groups in total. The number of rotatable bonds is 3. The van der Waals surface area contributed by atoms with Crippen molar-refractivity contribution in [2.24, 2.45) is 0 Å². The molecule has 174 valence electrons. The Morgan fingerprint density at radius 3 is 1.97 bits per heavy atom. The highest BCUT2D eigenvalue weighted by Crippen LogP contribution is 2.35. The van der Waals surface area contributed by atoms with E-state index in [0.29, 0.717) is 5.92 Å². The van der Waals surface area contributed by atoms with Crippen LogP contribution in [0.4, 0.5) is 5.69 Å². The lowest BCUT2D eigenvalue weighted by Crippen LogP contribution is -2.55. The lowest BCUT2D eigenvalue weighted by Gasteiger charge is -2.44. The third-order valence-corrected chi connectivity index (χ3v) is 7.69. The second-order valence-corrected chi connectivity index (χ2v) is 10.1. The summed E-state index contributed by atoms with van der Waals surface area (Å²) in [5.41, 5.74) is 4.57. The van der Waals surface area contributed by atoms with E-state index in [1.807, 2.05) is 36.7 Å². The van der Waals surface area contributed by atoms with Crippen molar-refractivity contribution in [2.45, 2.75) is 18.8 Å². The van der Waals surface area contributed by atoms with Crippen LogP contribution < -0.4 is 4.90 Å². The third-order valence-electron chi connectivity index (χ3n) is 7.26. The molecule has 4 heterocycles. The quantitative estimate of drug-likeness (QED) is 0.350. The maximum Gasteiger partial charge on any atom is 0.0936 e. The second-order valence-electron chi connectivity index (χ2n) is 9.24. The summed E-state index contributed by atoms with van der Waals surface area (Å²) >= 11 is 12.9. The summed E-state index contributed by atoms with van der Waals surface area (Å²) in [6, 6.07) is 16.3. The van der Waals surface area contributed by atoms with Crippen molar-refractivity contribution < 1.29 is 0 Å². The third kappa shape index (κ3) is 4.22. The molecule has 0 radical (unpaired) electrons. The van der Waals surface area contributed by atoms with Crippen LogP contribution in [-0.2, 0) is 0 Å². The van der Waals surface area contributed by atoms with Crippen LogP contribution in [0.15, 0.2) is 60.9 Å². The summed E-state index contributed by atoms with van der Waals surface area (Å²) in [7, 11) is 0. The molecule has 2 aromatic heterocycles. The van der Waals surface area contributed by atoms with E-state index in [-0.39, 0.29) is 0 Å². The fraction of sp³-hybridized carbons (Fsp3) is 0.333. The molecular formula is C27H27Cl2N5. The van der Waals surface area contributed by atoms with Crippen molar-refractivity contribution in [3.05, 3.63) is 76.5 Å². The van der Waals surface area contributed by atoms with Crippen molar-refractivity contribution in [3.63, 3.8) is 0 Å². The Kier molecular flexibility index (Phi) is 6.04. The number of nitrogens with zero attached hydrogens (tertiary/aromatic N) is 5. The molecule has 0 aliphatic carbocycles. The molecule has 34 heavy (non-hydrogen) atoms. The molecule has 6 rings (SSSR count). The van der Waals surface area contributed by atoms with Gasteiger partial charge in [0, 0.05) is 72.5 Å². The summed E-state index contributed by atoms with van der Waals surface area (Å²) in [5, 5.41) is 8.87. The smallest absolute Gasteiger partial charge is 0.0936 e. The fourth-order valence-electron chi connectivity index (χ4n) is 5.55. The van der Waals surface area contributed by atoms with Crippen LogP contribution in [-0.4, -0.2) is 59.3 Å². The number of aromatic nitrogens is 2. The topological polar surface area (TPSA) is 35.5 Å². The standard InChI is InChI=1S/C27H27Cl2N5/c28-22-15-20-3-1-7-30-26(20)24(17-22)19-5-9-33(10-6-19)34-13-11-32(12-14-34)25-18-23(29)16-21-4-2-8-31-27(21)25/h1-4,7-8,15-19H,5-6,9-14H2. The number of hydrogen-bond donors (Lipinski definition) is 0. The van der Waals surface area contributed by atoms with Crippen LogP contribution in [0.1, 0.15) is 24.3 Å². The van der Waals surface area contributed by atoms with E-state index < -0.39 is 0 Å². The number of anilines is 1. The number of pyridine rings is 2. The van der Waals surface area contributed by atoms with Crippen LogP contribution in [0.3, 0.4) is 0 Å². The normalized spacial score (nSPS) is 18.7. The van der Waals surface area contributed by atoms with Crippen molar-refractivity contribution >= 4 is 50.7 Å². The van der Waals surface area contributed by atoms with Gasteiger partial charge in [-0.3, -0.25) is 9.97 Å². The van der Waals surface area contributed by atoms with Crippen molar-refractivity contribution in [3.8, 4) is 0 Å². The minimum absolute atomic E-state index is 0.498. The summed E-state index contributed by atoms with van der Waals surface area (Å²) in [4.78, 5) is 11.7. The average molecular weight is 492 g/mol. The fourth-order valence-corrected chi connectivity index (χ4v) is 6.01. The molecule has 0 bridgehead atoms.